The molecule has 6 nitrogen and oxygen atoms in total. The number of rotatable bonds is 10. The number of piperidine rings is 1. The lowest BCUT2D eigenvalue weighted by Crippen LogP contribution is -2.42. The van der Waals surface area contributed by atoms with Crippen molar-refractivity contribution in [1.82, 2.24) is 20.4 Å². The molecule has 0 aromatic carbocycles. The molecule has 0 spiro atoms. The Morgan fingerprint density at radius 3 is 2.96 bits per heavy atom. The smallest absolute Gasteiger partial charge is 0.191 e. The number of likely N-dealkylation sites (tertiary alicyclic amines) is 1. The Labute approximate surface area is 169 Å². The van der Waals surface area contributed by atoms with Crippen molar-refractivity contribution in [3.8, 4) is 0 Å². The van der Waals surface area contributed by atoms with E-state index in [0.717, 1.165) is 45.3 Å². The number of aliphatic imine (C=N–C) groups is 1. The molecule has 1 aromatic rings. The molecule has 2 heterocycles. The molecule has 1 saturated heterocycles. The Balaban J connectivity index is 1.90. The maximum absolute atomic E-state index is 5.13. The van der Waals surface area contributed by atoms with E-state index >= 15 is 0 Å². The van der Waals surface area contributed by atoms with Crippen LogP contribution in [0.25, 0.3) is 0 Å². The van der Waals surface area contributed by atoms with E-state index in [2.05, 4.69) is 59.0 Å². The van der Waals surface area contributed by atoms with Gasteiger partial charge < -0.3 is 20.3 Å². The van der Waals surface area contributed by atoms with Crippen LogP contribution in [0, 0.1) is 5.92 Å². The van der Waals surface area contributed by atoms with Gasteiger partial charge in [0.15, 0.2) is 5.96 Å². The van der Waals surface area contributed by atoms with E-state index in [1.807, 2.05) is 11.3 Å². The summed E-state index contributed by atoms with van der Waals surface area (Å²) in [6, 6.07) is 4.92. The van der Waals surface area contributed by atoms with Crippen molar-refractivity contribution >= 4 is 17.3 Å². The van der Waals surface area contributed by atoms with Crippen LogP contribution in [-0.4, -0.2) is 82.8 Å². The molecule has 7 heteroatoms. The zero-order chi connectivity index (χ0) is 19.5. The molecule has 0 radical (unpaired) electrons. The zero-order valence-electron chi connectivity index (χ0n) is 17.4. The average molecular weight is 396 g/mol. The summed E-state index contributed by atoms with van der Waals surface area (Å²) in [6.45, 7) is 8.60. The van der Waals surface area contributed by atoms with Crippen molar-refractivity contribution in [3.63, 3.8) is 0 Å². The van der Waals surface area contributed by atoms with Crippen LogP contribution >= 0.6 is 11.3 Å². The fourth-order valence-electron chi connectivity index (χ4n) is 3.63. The average Bonchev–Trinajstić information content (AvgIpc) is 3.18. The van der Waals surface area contributed by atoms with Gasteiger partial charge in [-0.1, -0.05) is 6.07 Å². The summed E-state index contributed by atoms with van der Waals surface area (Å²) in [5, 5.41) is 9.04. The number of hydrogen-bond donors (Lipinski definition) is 2. The van der Waals surface area contributed by atoms with Crippen LogP contribution in [0.1, 0.15) is 30.7 Å². The highest BCUT2D eigenvalue weighted by molar-refractivity contribution is 7.10. The first-order valence-electron chi connectivity index (χ1n) is 10.1. The number of nitrogens with one attached hydrogen (secondary N) is 2. The highest BCUT2D eigenvalue weighted by Crippen LogP contribution is 2.37. The van der Waals surface area contributed by atoms with Crippen LogP contribution in [0.3, 0.4) is 0 Å². The third-order valence-corrected chi connectivity index (χ3v) is 6.08. The second kappa shape index (κ2) is 12.3. The van der Waals surface area contributed by atoms with E-state index in [-0.39, 0.29) is 0 Å². The standard InChI is InChI=1S/C20H37N5OS/c1-5-21-20(22-10-12-24(2)13-14-26-4)23-16-17-8-6-11-25(3)19(17)18-9-7-15-27-18/h7,9,15,17,19H,5-6,8,10-14,16H2,1-4H3,(H2,21,22,23). The number of methoxy groups -OCH3 is 1. The first-order chi connectivity index (χ1) is 13.2. The Bertz CT molecular complexity index is 536. The molecule has 1 aliphatic heterocycles. The predicted molar refractivity (Wildman–Crippen MR) is 116 cm³/mol. The summed E-state index contributed by atoms with van der Waals surface area (Å²) in [4.78, 5) is 11.2. The highest BCUT2D eigenvalue weighted by Gasteiger charge is 2.31. The van der Waals surface area contributed by atoms with Gasteiger partial charge in [-0.3, -0.25) is 9.89 Å². The van der Waals surface area contributed by atoms with Gasteiger partial charge in [-0.05, 0) is 57.8 Å². The Morgan fingerprint density at radius 1 is 1.41 bits per heavy atom. The molecule has 0 amide bonds. The third-order valence-electron chi connectivity index (χ3n) is 5.13. The summed E-state index contributed by atoms with van der Waals surface area (Å²) >= 11 is 1.87. The maximum Gasteiger partial charge on any atom is 0.191 e. The number of hydrogen-bond acceptors (Lipinski definition) is 5. The van der Waals surface area contributed by atoms with Crippen LogP contribution in [-0.2, 0) is 4.74 Å². The summed E-state index contributed by atoms with van der Waals surface area (Å²) in [6.07, 6.45) is 2.50. The van der Waals surface area contributed by atoms with E-state index in [1.165, 1.54) is 24.3 Å². The highest BCUT2D eigenvalue weighted by atomic mass is 32.1. The van der Waals surface area contributed by atoms with Gasteiger partial charge in [-0.2, -0.15) is 0 Å². The lowest BCUT2D eigenvalue weighted by Gasteiger charge is -2.38. The molecule has 2 atom stereocenters. The molecule has 0 aliphatic carbocycles. The van der Waals surface area contributed by atoms with Crippen LogP contribution in [0.4, 0.5) is 0 Å². The zero-order valence-corrected chi connectivity index (χ0v) is 18.2. The van der Waals surface area contributed by atoms with Gasteiger partial charge in [0, 0.05) is 50.8 Å². The van der Waals surface area contributed by atoms with Gasteiger partial charge in [-0.25, -0.2) is 0 Å². The Hall–Kier alpha value is -1.15. The topological polar surface area (TPSA) is 52.1 Å². The maximum atomic E-state index is 5.13. The molecule has 1 aromatic heterocycles. The van der Waals surface area contributed by atoms with Gasteiger partial charge in [0.2, 0.25) is 0 Å². The van der Waals surface area contributed by atoms with Gasteiger partial charge >= 0.3 is 0 Å². The molecular formula is C20H37N5OS. The SMILES string of the molecule is CCNC(=NCC1CCCN(C)C1c1cccs1)NCCN(C)CCOC. The van der Waals surface area contributed by atoms with E-state index in [0.29, 0.717) is 12.0 Å². The number of thiophene rings is 1. The molecule has 2 N–H and O–H groups in total. The summed E-state index contributed by atoms with van der Waals surface area (Å²) in [7, 11) is 6.11. The molecule has 0 saturated carbocycles. The van der Waals surface area contributed by atoms with Gasteiger partial charge in [0.25, 0.3) is 0 Å². The fraction of sp³-hybridized carbons (Fsp3) is 0.750. The van der Waals surface area contributed by atoms with Crippen LogP contribution in [0.15, 0.2) is 22.5 Å². The predicted octanol–water partition coefficient (Wildman–Crippen LogP) is 2.26. The largest absolute Gasteiger partial charge is 0.383 e. The summed E-state index contributed by atoms with van der Waals surface area (Å²) in [5.74, 6) is 1.50. The molecule has 154 valence electrons. The van der Waals surface area contributed by atoms with Crippen molar-refractivity contribution in [2.24, 2.45) is 10.9 Å². The number of ether oxygens (including phenoxy) is 1. The quantitative estimate of drug-likeness (QED) is 0.470. The molecule has 0 bridgehead atoms. The van der Waals surface area contributed by atoms with Crippen molar-refractivity contribution < 1.29 is 4.74 Å². The van der Waals surface area contributed by atoms with Gasteiger partial charge in [0.1, 0.15) is 0 Å². The Kier molecular flexibility index (Phi) is 10.1. The lowest BCUT2D eigenvalue weighted by molar-refractivity contribution is 0.128. The molecule has 1 fully saturated rings. The second-order valence-electron chi connectivity index (χ2n) is 7.29. The first kappa shape index (κ1) is 22.1. The normalized spacial score (nSPS) is 21.6. The third kappa shape index (κ3) is 7.41. The summed E-state index contributed by atoms with van der Waals surface area (Å²) < 4.78 is 5.13. The number of likely N-dealkylation sites (N-methyl/N-ethyl adjacent to an activating group) is 1. The molecule has 2 unspecified atom stereocenters. The van der Waals surface area contributed by atoms with Crippen molar-refractivity contribution in [2.75, 3.05) is 67.1 Å². The van der Waals surface area contributed by atoms with Crippen molar-refractivity contribution in [3.05, 3.63) is 22.4 Å². The summed E-state index contributed by atoms with van der Waals surface area (Å²) in [5.41, 5.74) is 0. The molecular weight excluding hydrogens is 358 g/mol. The molecule has 2 rings (SSSR count). The minimum atomic E-state index is 0.491. The van der Waals surface area contributed by atoms with Gasteiger partial charge in [0.05, 0.1) is 6.61 Å². The van der Waals surface area contributed by atoms with E-state index in [1.54, 1.807) is 7.11 Å². The van der Waals surface area contributed by atoms with Gasteiger partial charge in [-0.15, -0.1) is 11.3 Å². The number of nitrogens with zero attached hydrogens (tertiary/aromatic N) is 3. The Morgan fingerprint density at radius 2 is 2.26 bits per heavy atom. The van der Waals surface area contributed by atoms with Crippen molar-refractivity contribution in [1.29, 1.82) is 0 Å². The van der Waals surface area contributed by atoms with E-state index < -0.39 is 0 Å². The lowest BCUT2D eigenvalue weighted by atomic mass is 9.88. The first-order valence-corrected chi connectivity index (χ1v) is 11.0. The van der Waals surface area contributed by atoms with E-state index in [9.17, 15) is 0 Å². The van der Waals surface area contributed by atoms with Crippen molar-refractivity contribution in [2.45, 2.75) is 25.8 Å². The monoisotopic (exact) mass is 395 g/mol. The number of guanidine groups is 1. The minimum Gasteiger partial charge on any atom is -0.383 e. The molecule has 1 aliphatic rings. The minimum absolute atomic E-state index is 0.491. The molecule has 27 heavy (non-hydrogen) atoms. The van der Waals surface area contributed by atoms with E-state index in [4.69, 9.17) is 9.73 Å². The fourth-order valence-corrected chi connectivity index (χ4v) is 4.62. The van der Waals surface area contributed by atoms with Crippen LogP contribution < -0.4 is 10.6 Å². The second-order valence-corrected chi connectivity index (χ2v) is 8.26. The van der Waals surface area contributed by atoms with Crippen LogP contribution in [0.5, 0.6) is 0 Å². The van der Waals surface area contributed by atoms with Crippen LogP contribution in [0.2, 0.25) is 0 Å².